The summed E-state index contributed by atoms with van der Waals surface area (Å²) in [6.07, 6.45) is 3.78. The fourth-order valence-corrected chi connectivity index (χ4v) is 3.53. The molecule has 1 aromatic carbocycles. The fraction of sp³-hybridized carbons (Fsp3) is 0.304. The number of para-hydroxylation sites is 1. The van der Waals surface area contributed by atoms with Gasteiger partial charge in [-0.15, -0.1) is 0 Å². The van der Waals surface area contributed by atoms with E-state index in [1.54, 1.807) is 18.4 Å². The Bertz CT molecular complexity index is 1190. The van der Waals surface area contributed by atoms with Crippen LogP contribution in [-0.4, -0.2) is 21.0 Å². The van der Waals surface area contributed by atoms with Crippen LogP contribution in [0.15, 0.2) is 57.7 Å². The van der Waals surface area contributed by atoms with Crippen LogP contribution in [0.5, 0.6) is 0 Å². The van der Waals surface area contributed by atoms with Gasteiger partial charge in [0.15, 0.2) is 11.6 Å². The van der Waals surface area contributed by atoms with Gasteiger partial charge in [-0.2, -0.15) is 4.98 Å². The second-order valence-electron chi connectivity index (χ2n) is 8.01. The highest BCUT2D eigenvalue weighted by Gasteiger charge is 2.32. The molecule has 1 saturated carbocycles. The number of hydrogen-bond acceptors (Lipinski definition) is 6. The first-order valence-electron chi connectivity index (χ1n) is 10.2. The third-order valence-electron chi connectivity index (χ3n) is 5.35. The first-order valence-corrected chi connectivity index (χ1v) is 10.2. The lowest BCUT2D eigenvalue weighted by atomic mass is 10.0. The van der Waals surface area contributed by atoms with Crippen molar-refractivity contribution in [3.05, 3.63) is 66.0 Å². The predicted molar refractivity (Wildman–Crippen MR) is 111 cm³/mol. The average molecular weight is 402 g/mol. The minimum Gasteiger partial charge on any atom is -0.463 e. The molecule has 5 rings (SSSR count). The highest BCUT2D eigenvalue weighted by molar-refractivity contribution is 6.07. The molecule has 1 unspecified atom stereocenters. The molecule has 7 nitrogen and oxygen atoms in total. The Morgan fingerprint density at radius 1 is 1.13 bits per heavy atom. The van der Waals surface area contributed by atoms with E-state index in [4.69, 9.17) is 8.94 Å². The molecule has 4 aromatic rings. The van der Waals surface area contributed by atoms with Crippen LogP contribution in [0.4, 0.5) is 0 Å². The first-order chi connectivity index (χ1) is 14.6. The van der Waals surface area contributed by atoms with Crippen LogP contribution in [-0.2, 0) is 0 Å². The van der Waals surface area contributed by atoms with Crippen LogP contribution >= 0.6 is 0 Å². The molecule has 1 amide bonds. The first kappa shape index (κ1) is 18.5. The predicted octanol–water partition coefficient (Wildman–Crippen LogP) is 4.88. The summed E-state index contributed by atoms with van der Waals surface area (Å²) >= 11 is 0. The van der Waals surface area contributed by atoms with Crippen LogP contribution in [0, 0.1) is 5.92 Å². The Kier molecular flexibility index (Phi) is 4.58. The number of carbonyl (C=O) groups excluding carboxylic acids is 1. The lowest BCUT2D eigenvalue weighted by molar-refractivity contribution is 0.0915. The standard InChI is InChI=1S/C23H22N4O3/c1-13(2)20(23-26-21(27-30-23)14-9-10-14)25-22(28)16-12-18(19-8-5-11-29-19)24-17-7-4-3-6-15(16)17/h3-8,11-14,20H,9-10H2,1-2H3,(H,25,28). The maximum Gasteiger partial charge on any atom is 0.252 e. The van der Waals surface area contributed by atoms with Gasteiger partial charge in [-0.05, 0) is 43.0 Å². The van der Waals surface area contributed by atoms with Crippen LogP contribution < -0.4 is 5.32 Å². The molecule has 0 spiro atoms. The van der Waals surface area contributed by atoms with E-state index in [0.717, 1.165) is 29.6 Å². The van der Waals surface area contributed by atoms with Gasteiger partial charge < -0.3 is 14.3 Å². The number of fused-ring (bicyclic) bond motifs is 1. The van der Waals surface area contributed by atoms with Crippen LogP contribution in [0.3, 0.4) is 0 Å². The van der Waals surface area contributed by atoms with Crippen LogP contribution in [0.2, 0.25) is 0 Å². The van der Waals surface area contributed by atoms with Crippen molar-refractivity contribution in [2.45, 2.75) is 38.6 Å². The van der Waals surface area contributed by atoms with Crippen molar-refractivity contribution in [3.63, 3.8) is 0 Å². The number of rotatable bonds is 6. The Morgan fingerprint density at radius 2 is 1.97 bits per heavy atom. The monoisotopic (exact) mass is 402 g/mol. The van der Waals surface area contributed by atoms with Crippen molar-refractivity contribution in [3.8, 4) is 11.5 Å². The molecule has 3 heterocycles. The topological polar surface area (TPSA) is 94.1 Å². The van der Waals surface area contributed by atoms with E-state index in [0.29, 0.717) is 28.8 Å². The van der Waals surface area contributed by atoms with E-state index in [2.05, 4.69) is 20.4 Å². The molecule has 152 valence electrons. The summed E-state index contributed by atoms with van der Waals surface area (Å²) in [7, 11) is 0. The maximum absolute atomic E-state index is 13.4. The molecular weight excluding hydrogens is 380 g/mol. The molecule has 0 bridgehead atoms. The highest BCUT2D eigenvalue weighted by Crippen LogP contribution is 2.38. The SMILES string of the molecule is CC(C)C(NC(=O)c1cc(-c2ccco2)nc2ccccc12)c1nc(C2CC2)no1. The zero-order valence-electron chi connectivity index (χ0n) is 16.8. The van der Waals surface area contributed by atoms with Crippen LogP contribution in [0.1, 0.15) is 60.7 Å². The summed E-state index contributed by atoms with van der Waals surface area (Å²) < 4.78 is 11.0. The molecule has 1 aliphatic carbocycles. The molecule has 7 heteroatoms. The number of nitrogens with zero attached hydrogens (tertiary/aromatic N) is 3. The molecule has 30 heavy (non-hydrogen) atoms. The van der Waals surface area contributed by atoms with Crippen molar-refractivity contribution >= 4 is 16.8 Å². The Morgan fingerprint density at radius 3 is 2.70 bits per heavy atom. The van der Waals surface area contributed by atoms with E-state index < -0.39 is 0 Å². The minimum absolute atomic E-state index is 0.0825. The zero-order valence-corrected chi connectivity index (χ0v) is 16.8. The highest BCUT2D eigenvalue weighted by atomic mass is 16.5. The lowest BCUT2D eigenvalue weighted by Gasteiger charge is -2.19. The molecule has 3 aromatic heterocycles. The van der Waals surface area contributed by atoms with Gasteiger partial charge in [-0.1, -0.05) is 37.2 Å². The zero-order chi connectivity index (χ0) is 20.7. The van der Waals surface area contributed by atoms with E-state index in [1.807, 2.05) is 44.2 Å². The molecule has 0 radical (unpaired) electrons. The Hall–Kier alpha value is -3.48. The van der Waals surface area contributed by atoms with Gasteiger partial charge in [0.2, 0.25) is 5.89 Å². The molecule has 1 fully saturated rings. The van der Waals surface area contributed by atoms with Crippen molar-refractivity contribution < 1.29 is 13.7 Å². The molecule has 0 aliphatic heterocycles. The van der Waals surface area contributed by atoms with Crippen molar-refractivity contribution in [1.29, 1.82) is 0 Å². The summed E-state index contributed by atoms with van der Waals surface area (Å²) in [5.41, 5.74) is 1.87. The number of amides is 1. The number of benzene rings is 1. The summed E-state index contributed by atoms with van der Waals surface area (Å²) in [6.45, 7) is 4.04. The van der Waals surface area contributed by atoms with Gasteiger partial charge in [0.05, 0.1) is 17.3 Å². The number of carbonyl (C=O) groups is 1. The van der Waals surface area contributed by atoms with E-state index in [9.17, 15) is 4.79 Å². The number of hydrogen-bond donors (Lipinski definition) is 1. The van der Waals surface area contributed by atoms with Gasteiger partial charge in [0, 0.05) is 11.3 Å². The summed E-state index contributed by atoms with van der Waals surface area (Å²) in [5.74, 6) is 2.06. The number of pyridine rings is 1. The van der Waals surface area contributed by atoms with Crippen molar-refractivity contribution in [2.75, 3.05) is 0 Å². The smallest absolute Gasteiger partial charge is 0.252 e. The molecule has 1 atom stereocenters. The van der Waals surface area contributed by atoms with Gasteiger partial charge in [0.25, 0.3) is 5.91 Å². The summed E-state index contributed by atoms with van der Waals surface area (Å²) in [6, 6.07) is 12.6. The van der Waals surface area contributed by atoms with E-state index >= 15 is 0 Å². The second-order valence-corrected chi connectivity index (χ2v) is 8.01. The third-order valence-corrected chi connectivity index (χ3v) is 5.35. The Labute approximate surface area is 173 Å². The summed E-state index contributed by atoms with van der Waals surface area (Å²) in [4.78, 5) is 22.6. The summed E-state index contributed by atoms with van der Waals surface area (Å²) in [5, 5.41) is 7.97. The molecule has 0 saturated heterocycles. The van der Waals surface area contributed by atoms with Crippen molar-refractivity contribution in [2.24, 2.45) is 5.92 Å². The van der Waals surface area contributed by atoms with Gasteiger partial charge in [-0.25, -0.2) is 4.98 Å². The number of aromatic nitrogens is 3. The normalized spacial score (nSPS) is 14.9. The lowest BCUT2D eigenvalue weighted by Crippen LogP contribution is -2.32. The van der Waals surface area contributed by atoms with Gasteiger partial charge in [0.1, 0.15) is 11.7 Å². The molecular formula is C23H22N4O3. The molecule has 1 aliphatic rings. The second kappa shape index (κ2) is 7.40. The van der Waals surface area contributed by atoms with Crippen molar-refractivity contribution in [1.82, 2.24) is 20.4 Å². The average Bonchev–Trinajstić information content (AvgIpc) is 3.25. The molecule has 1 N–H and O–H groups in total. The fourth-order valence-electron chi connectivity index (χ4n) is 3.53. The van der Waals surface area contributed by atoms with Gasteiger partial charge in [-0.3, -0.25) is 4.79 Å². The largest absolute Gasteiger partial charge is 0.463 e. The quantitative estimate of drug-likeness (QED) is 0.494. The minimum atomic E-state index is -0.378. The Balaban J connectivity index is 1.51. The van der Waals surface area contributed by atoms with Crippen LogP contribution in [0.25, 0.3) is 22.4 Å². The van der Waals surface area contributed by atoms with Gasteiger partial charge >= 0.3 is 0 Å². The number of nitrogens with one attached hydrogen (secondary N) is 1. The van der Waals surface area contributed by atoms with E-state index in [-0.39, 0.29) is 17.9 Å². The maximum atomic E-state index is 13.4. The third kappa shape index (κ3) is 3.47. The van der Waals surface area contributed by atoms with E-state index in [1.165, 1.54) is 0 Å². The number of furan rings is 1.